The second-order valence-electron chi connectivity index (χ2n) is 5.31. The molecular weight excluding hydrogens is 234 g/mol. The molecule has 1 atom stereocenters. The summed E-state index contributed by atoms with van der Waals surface area (Å²) in [7, 11) is 2.04. The number of aromatic nitrogens is 2. The van der Waals surface area contributed by atoms with Gasteiger partial charge in [-0.05, 0) is 43.4 Å². The molecule has 1 aromatic heterocycles. The minimum absolute atomic E-state index is 0.407. The van der Waals surface area contributed by atoms with E-state index in [9.17, 15) is 0 Å². The number of rotatable bonds is 3. The Morgan fingerprint density at radius 3 is 3.16 bits per heavy atom. The van der Waals surface area contributed by atoms with E-state index in [0.717, 1.165) is 12.8 Å². The summed E-state index contributed by atoms with van der Waals surface area (Å²) in [5.74, 6) is 0. The van der Waals surface area contributed by atoms with E-state index in [-0.39, 0.29) is 0 Å². The predicted molar refractivity (Wildman–Crippen MR) is 78.3 cm³/mol. The van der Waals surface area contributed by atoms with Crippen LogP contribution < -0.4 is 5.32 Å². The maximum Gasteiger partial charge on any atom is 0.0547 e. The summed E-state index contributed by atoms with van der Waals surface area (Å²) >= 11 is 0. The van der Waals surface area contributed by atoms with Gasteiger partial charge in [-0.2, -0.15) is 5.10 Å². The lowest BCUT2D eigenvalue weighted by atomic mass is 9.92. The summed E-state index contributed by atoms with van der Waals surface area (Å²) in [6.07, 6.45) is 6.68. The van der Waals surface area contributed by atoms with Gasteiger partial charge in [-0.3, -0.25) is 4.68 Å². The fourth-order valence-corrected chi connectivity index (χ4v) is 2.94. The third-order valence-electron chi connectivity index (χ3n) is 4.05. The maximum atomic E-state index is 4.40. The number of nitrogens with one attached hydrogen (secondary N) is 1. The van der Waals surface area contributed by atoms with Gasteiger partial charge in [-0.15, -0.1) is 0 Å². The standard InChI is InChI=1S/C16H21N3/c1-3-12-6-4-7-13(10-12)18-15-8-5-9-16-14(15)11-17-19(16)2/h4,6-7,10-11,15,18H,3,5,8-9H2,1-2H3. The van der Waals surface area contributed by atoms with Gasteiger partial charge in [0.05, 0.1) is 12.2 Å². The van der Waals surface area contributed by atoms with E-state index < -0.39 is 0 Å². The van der Waals surface area contributed by atoms with Gasteiger partial charge in [0.15, 0.2) is 0 Å². The van der Waals surface area contributed by atoms with Gasteiger partial charge in [0.1, 0.15) is 0 Å². The Bertz CT molecular complexity index is 571. The Kier molecular flexibility index (Phi) is 3.28. The lowest BCUT2D eigenvalue weighted by Gasteiger charge is -2.25. The average molecular weight is 255 g/mol. The lowest BCUT2D eigenvalue weighted by molar-refractivity contribution is 0.571. The van der Waals surface area contributed by atoms with Crippen LogP contribution in [0.4, 0.5) is 5.69 Å². The van der Waals surface area contributed by atoms with Crippen molar-refractivity contribution in [2.45, 2.75) is 38.6 Å². The molecule has 1 N–H and O–H groups in total. The summed E-state index contributed by atoms with van der Waals surface area (Å²) in [5, 5.41) is 8.07. The summed E-state index contributed by atoms with van der Waals surface area (Å²) in [6, 6.07) is 9.13. The second kappa shape index (κ2) is 5.08. The van der Waals surface area contributed by atoms with Crippen LogP contribution in [0, 0.1) is 0 Å². The molecule has 0 spiro atoms. The molecule has 0 amide bonds. The van der Waals surface area contributed by atoms with E-state index in [4.69, 9.17) is 0 Å². The highest BCUT2D eigenvalue weighted by molar-refractivity contribution is 5.48. The summed E-state index contributed by atoms with van der Waals surface area (Å²) < 4.78 is 2.02. The zero-order valence-corrected chi connectivity index (χ0v) is 11.7. The van der Waals surface area contributed by atoms with Crippen molar-refractivity contribution in [3.05, 3.63) is 47.3 Å². The van der Waals surface area contributed by atoms with Gasteiger partial charge < -0.3 is 5.32 Å². The molecule has 0 bridgehead atoms. The molecule has 2 aromatic rings. The van der Waals surface area contributed by atoms with Crippen LogP contribution in [0.25, 0.3) is 0 Å². The first-order chi connectivity index (χ1) is 9.28. The minimum atomic E-state index is 0.407. The first kappa shape index (κ1) is 12.3. The van der Waals surface area contributed by atoms with Gasteiger partial charge in [0.2, 0.25) is 0 Å². The van der Waals surface area contributed by atoms with Crippen LogP contribution in [0.15, 0.2) is 30.5 Å². The van der Waals surface area contributed by atoms with Crippen molar-refractivity contribution < 1.29 is 0 Å². The summed E-state index contributed by atoms with van der Waals surface area (Å²) in [5.41, 5.74) is 5.36. The fourth-order valence-electron chi connectivity index (χ4n) is 2.94. The van der Waals surface area contributed by atoms with Crippen molar-refractivity contribution in [2.75, 3.05) is 5.32 Å². The molecule has 1 unspecified atom stereocenters. The third-order valence-corrected chi connectivity index (χ3v) is 4.05. The topological polar surface area (TPSA) is 29.9 Å². The zero-order valence-electron chi connectivity index (χ0n) is 11.7. The monoisotopic (exact) mass is 255 g/mol. The number of hydrogen-bond acceptors (Lipinski definition) is 2. The molecule has 3 nitrogen and oxygen atoms in total. The highest BCUT2D eigenvalue weighted by atomic mass is 15.3. The first-order valence-corrected chi connectivity index (χ1v) is 7.14. The Morgan fingerprint density at radius 2 is 2.32 bits per heavy atom. The van der Waals surface area contributed by atoms with Crippen LogP contribution in [-0.2, 0) is 19.9 Å². The van der Waals surface area contributed by atoms with Crippen LogP contribution in [0.2, 0.25) is 0 Å². The second-order valence-corrected chi connectivity index (χ2v) is 5.31. The predicted octanol–water partition coefficient (Wildman–Crippen LogP) is 3.47. The van der Waals surface area contributed by atoms with Gasteiger partial charge in [-0.25, -0.2) is 0 Å². The fraction of sp³-hybridized carbons (Fsp3) is 0.438. The van der Waals surface area contributed by atoms with Crippen molar-refractivity contribution in [1.82, 2.24) is 9.78 Å². The molecule has 100 valence electrons. The quantitative estimate of drug-likeness (QED) is 0.910. The average Bonchev–Trinajstić information content (AvgIpc) is 2.82. The molecule has 1 aliphatic rings. The summed E-state index contributed by atoms with van der Waals surface area (Å²) in [4.78, 5) is 0. The van der Waals surface area contributed by atoms with Gasteiger partial charge in [-0.1, -0.05) is 19.1 Å². The van der Waals surface area contributed by atoms with Gasteiger partial charge >= 0.3 is 0 Å². The molecule has 19 heavy (non-hydrogen) atoms. The van der Waals surface area contributed by atoms with Crippen molar-refractivity contribution in [3.8, 4) is 0 Å². The van der Waals surface area contributed by atoms with Crippen LogP contribution in [0.5, 0.6) is 0 Å². The Morgan fingerprint density at radius 1 is 1.42 bits per heavy atom. The van der Waals surface area contributed by atoms with Crippen LogP contribution in [0.1, 0.15) is 42.6 Å². The van der Waals surface area contributed by atoms with E-state index in [2.05, 4.69) is 41.6 Å². The molecule has 0 saturated carbocycles. The Balaban J connectivity index is 1.84. The van der Waals surface area contributed by atoms with Gasteiger partial charge in [0.25, 0.3) is 0 Å². The molecule has 1 aromatic carbocycles. The van der Waals surface area contributed by atoms with E-state index in [1.165, 1.54) is 35.3 Å². The molecule has 3 heteroatoms. The van der Waals surface area contributed by atoms with E-state index in [0.29, 0.717) is 6.04 Å². The molecule has 0 saturated heterocycles. The number of anilines is 1. The molecular formula is C16H21N3. The van der Waals surface area contributed by atoms with Crippen LogP contribution in [-0.4, -0.2) is 9.78 Å². The number of benzene rings is 1. The largest absolute Gasteiger partial charge is 0.378 e. The smallest absolute Gasteiger partial charge is 0.0547 e. The van der Waals surface area contributed by atoms with Crippen molar-refractivity contribution in [2.24, 2.45) is 7.05 Å². The number of hydrogen-bond donors (Lipinski definition) is 1. The van der Waals surface area contributed by atoms with E-state index in [1.54, 1.807) is 0 Å². The molecule has 3 rings (SSSR count). The lowest BCUT2D eigenvalue weighted by Crippen LogP contribution is -2.17. The molecule has 0 radical (unpaired) electrons. The molecule has 0 aliphatic heterocycles. The Hall–Kier alpha value is -1.77. The van der Waals surface area contributed by atoms with Crippen LogP contribution in [0.3, 0.4) is 0 Å². The molecule has 1 aliphatic carbocycles. The highest BCUT2D eigenvalue weighted by Gasteiger charge is 2.23. The van der Waals surface area contributed by atoms with Crippen molar-refractivity contribution in [1.29, 1.82) is 0 Å². The van der Waals surface area contributed by atoms with Crippen LogP contribution >= 0.6 is 0 Å². The zero-order chi connectivity index (χ0) is 13.2. The molecule has 0 fully saturated rings. The Labute approximate surface area is 114 Å². The first-order valence-electron chi connectivity index (χ1n) is 7.14. The minimum Gasteiger partial charge on any atom is -0.378 e. The van der Waals surface area contributed by atoms with Crippen molar-refractivity contribution >= 4 is 5.69 Å². The third kappa shape index (κ3) is 2.37. The number of nitrogens with zero attached hydrogens (tertiary/aromatic N) is 2. The van der Waals surface area contributed by atoms with Crippen molar-refractivity contribution in [3.63, 3.8) is 0 Å². The molecule has 1 heterocycles. The maximum absolute atomic E-state index is 4.40. The van der Waals surface area contributed by atoms with E-state index >= 15 is 0 Å². The van der Waals surface area contributed by atoms with E-state index in [1.807, 2.05) is 17.9 Å². The number of fused-ring (bicyclic) bond motifs is 1. The van der Waals surface area contributed by atoms with Gasteiger partial charge in [0, 0.05) is 24.0 Å². The normalized spacial score (nSPS) is 18.1. The highest BCUT2D eigenvalue weighted by Crippen LogP contribution is 2.32. The number of aryl methyl sites for hydroxylation is 2. The summed E-state index contributed by atoms with van der Waals surface area (Å²) in [6.45, 7) is 2.19. The SMILES string of the molecule is CCc1cccc(NC2CCCc3c2cnn3C)c1.